The number of hydrogen-bond acceptors (Lipinski definition) is 0. The first-order valence-corrected chi connectivity index (χ1v) is 4.33. The van der Waals surface area contributed by atoms with Crippen molar-refractivity contribution in [1.82, 2.24) is 0 Å². The van der Waals surface area contributed by atoms with Gasteiger partial charge in [-0.1, -0.05) is 6.07 Å². The molecule has 5 heteroatoms. The first kappa shape index (κ1) is 10.6. The molecule has 0 amide bonds. The average molecular weight is 227 g/mol. The Kier molecular flexibility index (Phi) is 2.60. The lowest BCUT2D eigenvalue weighted by Gasteiger charge is -2.00. The Labute approximate surface area is 88.6 Å². The summed E-state index contributed by atoms with van der Waals surface area (Å²) in [4.78, 5) is 0. The second kappa shape index (κ2) is 3.92. The number of hydrogen-bond donors (Lipinski definition) is 0. The highest BCUT2D eigenvalue weighted by atomic mass is 19.2. The second-order valence-electron chi connectivity index (χ2n) is 3.01. The molecule has 1 aromatic carbocycles. The van der Waals surface area contributed by atoms with Crippen LogP contribution in [0.1, 0.15) is 0 Å². The smallest absolute Gasteiger partial charge is 0.203 e. The van der Waals surface area contributed by atoms with Gasteiger partial charge in [0.05, 0.1) is 6.07 Å². The molecule has 0 atom stereocenters. The van der Waals surface area contributed by atoms with Gasteiger partial charge in [0, 0.05) is 12.1 Å². The van der Waals surface area contributed by atoms with Crippen molar-refractivity contribution >= 4 is 0 Å². The second-order valence-corrected chi connectivity index (χ2v) is 3.01. The molecule has 0 aliphatic heterocycles. The minimum Gasteiger partial charge on any atom is -0.203 e. The molecule has 0 unspecified atom stereocenters. The lowest BCUT2D eigenvalue weighted by atomic mass is 10.2. The lowest BCUT2D eigenvalue weighted by Crippen LogP contribution is -2.33. The molecule has 0 bridgehead atoms. The molecule has 0 saturated carbocycles. The fourth-order valence-corrected chi connectivity index (χ4v) is 1.28. The van der Waals surface area contributed by atoms with Gasteiger partial charge in [-0.05, 0) is 0 Å². The maximum Gasteiger partial charge on any atom is 0.288 e. The molecule has 1 aromatic heterocycles. The van der Waals surface area contributed by atoms with Gasteiger partial charge in [0.1, 0.15) is 0 Å². The third-order valence-electron chi connectivity index (χ3n) is 1.99. The summed E-state index contributed by atoms with van der Waals surface area (Å²) in [5.41, 5.74) is -0.797. The molecule has 0 fully saturated rings. The Morgan fingerprint density at radius 1 is 0.812 bits per heavy atom. The molecule has 0 aliphatic carbocycles. The minimum absolute atomic E-state index is 0.797. The summed E-state index contributed by atoms with van der Waals surface area (Å²) in [7, 11) is 0. The quantitative estimate of drug-likeness (QED) is 0.400. The third-order valence-corrected chi connectivity index (χ3v) is 1.99. The molecular weight excluding hydrogens is 222 g/mol. The Bertz CT molecular complexity index is 499. The van der Waals surface area contributed by atoms with Crippen LogP contribution in [0.5, 0.6) is 0 Å². The largest absolute Gasteiger partial charge is 0.288 e. The van der Waals surface area contributed by atoms with Crippen molar-refractivity contribution in [2.75, 3.05) is 0 Å². The fraction of sp³-hybridized carbons (Fsp3) is 0. The van der Waals surface area contributed by atoms with Crippen LogP contribution >= 0.6 is 0 Å². The van der Waals surface area contributed by atoms with E-state index in [9.17, 15) is 17.6 Å². The average Bonchev–Trinajstić information content (AvgIpc) is 2.28. The van der Waals surface area contributed by atoms with Crippen LogP contribution in [0.15, 0.2) is 30.6 Å². The number of rotatable bonds is 1. The van der Waals surface area contributed by atoms with Gasteiger partial charge >= 0.3 is 0 Å². The summed E-state index contributed by atoms with van der Waals surface area (Å²) in [6.45, 7) is 0. The van der Waals surface area contributed by atoms with Crippen LogP contribution in [0.2, 0.25) is 0 Å². The standard InChI is InChI=1S/C11H5F4N/c12-7-6-8(13)10(15)11(9(7)14)16-4-2-1-3-5-16/h1-5H/q+1. The van der Waals surface area contributed by atoms with E-state index in [2.05, 4.69) is 0 Å². The minimum atomic E-state index is -1.55. The van der Waals surface area contributed by atoms with Gasteiger partial charge in [-0.15, -0.1) is 0 Å². The van der Waals surface area contributed by atoms with Crippen molar-refractivity contribution in [3.8, 4) is 5.69 Å². The third kappa shape index (κ3) is 1.64. The van der Waals surface area contributed by atoms with Crippen LogP contribution in [0.3, 0.4) is 0 Å². The van der Waals surface area contributed by atoms with Gasteiger partial charge < -0.3 is 0 Å². The van der Waals surface area contributed by atoms with Gasteiger partial charge in [0.2, 0.25) is 11.6 Å². The SMILES string of the molecule is Fc1[c]c(F)c(F)c(-[n+]2ccccc2)c1F. The normalized spacial score (nSPS) is 10.5. The summed E-state index contributed by atoms with van der Waals surface area (Å²) in [6, 6.07) is 5.88. The van der Waals surface area contributed by atoms with Crippen LogP contribution in [0.4, 0.5) is 17.6 Å². The topological polar surface area (TPSA) is 3.88 Å². The Morgan fingerprint density at radius 3 is 1.81 bits per heavy atom. The maximum absolute atomic E-state index is 13.3. The van der Waals surface area contributed by atoms with Gasteiger partial charge in [0.15, 0.2) is 24.0 Å². The molecule has 1 nitrogen and oxygen atoms in total. The number of pyridine rings is 1. The van der Waals surface area contributed by atoms with Crippen molar-refractivity contribution in [2.24, 2.45) is 0 Å². The van der Waals surface area contributed by atoms with Crippen molar-refractivity contribution in [3.05, 3.63) is 59.9 Å². The van der Waals surface area contributed by atoms with Crippen LogP contribution in [-0.4, -0.2) is 0 Å². The van der Waals surface area contributed by atoms with Crippen LogP contribution in [-0.2, 0) is 0 Å². The molecule has 1 heterocycles. The Hall–Kier alpha value is -1.91. The molecular formula is C11H5F4N+. The predicted molar refractivity (Wildman–Crippen MR) is 46.6 cm³/mol. The van der Waals surface area contributed by atoms with Gasteiger partial charge in [-0.3, -0.25) is 0 Å². The molecule has 16 heavy (non-hydrogen) atoms. The van der Waals surface area contributed by atoms with E-state index >= 15 is 0 Å². The first-order chi connectivity index (χ1) is 7.61. The van der Waals surface area contributed by atoms with Gasteiger partial charge in [0.25, 0.3) is 5.69 Å². The number of halogens is 4. The summed E-state index contributed by atoms with van der Waals surface area (Å²) >= 11 is 0. The Morgan fingerprint density at radius 2 is 1.31 bits per heavy atom. The predicted octanol–water partition coefficient (Wildman–Crippen LogP) is 2.32. The van der Waals surface area contributed by atoms with Crippen molar-refractivity contribution in [1.29, 1.82) is 0 Å². The molecule has 1 radical (unpaired) electrons. The zero-order valence-corrected chi connectivity index (χ0v) is 7.85. The molecule has 0 N–H and O–H groups in total. The van der Waals surface area contributed by atoms with Crippen molar-refractivity contribution < 1.29 is 22.1 Å². The van der Waals surface area contributed by atoms with Crippen molar-refractivity contribution in [3.63, 3.8) is 0 Å². The number of aromatic nitrogens is 1. The van der Waals surface area contributed by atoms with E-state index in [0.29, 0.717) is 0 Å². The van der Waals surface area contributed by atoms with E-state index in [-0.39, 0.29) is 0 Å². The zero-order chi connectivity index (χ0) is 11.7. The Balaban J connectivity index is 2.74. The fourth-order valence-electron chi connectivity index (χ4n) is 1.28. The van der Waals surface area contributed by atoms with E-state index in [0.717, 1.165) is 4.57 Å². The highest BCUT2D eigenvalue weighted by Gasteiger charge is 2.26. The van der Waals surface area contributed by atoms with E-state index in [1.807, 2.05) is 0 Å². The van der Waals surface area contributed by atoms with Gasteiger partial charge in [-0.2, -0.15) is 13.3 Å². The van der Waals surface area contributed by atoms with E-state index in [1.165, 1.54) is 30.6 Å². The van der Waals surface area contributed by atoms with E-state index < -0.39 is 29.0 Å². The molecule has 0 spiro atoms. The summed E-state index contributed by atoms with van der Waals surface area (Å²) in [6.07, 6.45) is 2.56. The molecule has 2 aromatic rings. The van der Waals surface area contributed by atoms with E-state index in [4.69, 9.17) is 0 Å². The van der Waals surface area contributed by atoms with E-state index in [1.54, 1.807) is 6.07 Å². The summed E-state index contributed by atoms with van der Waals surface area (Å²) in [5.74, 6) is -6.05. The lowest BCUT2D eigenvalue weighted by molar-refractivity contribution is -0.600. The maximum atomic E-state index is 13.3. The highest BCUT2D eigenvalue weighted by Crippen LogP contribution is 2.18. The molecule has 0 aliphatic rings. The highest BCUT2D eigenvalue weighted by molar-refractivity contribution is 5.28. The molecule has 2 rings (SSSR count). The summed E-state index contributed by atoms with van der Waals surface area (Å²) < 4.78 is 53.2. The van der Waals surface area contributed by atoms with Crippen molar-refractivity contribution in [2.45, 2.75) is 0 Å². The zero-order valence-electron chi connectivity index (χ0n) is 7.85. The number of nitrogens with zero attached hydrogens (tertiary/aromatic N) is 1. The van der Waals surface area contributed by atoms with Crippen LogP contribution in [0.25, 0.3) is 5.69 Å². The number of benzene rings is 1. The van der Waals surface area contributed by atoms with Crippen LogP contribution in [0, 0.1) is 29.3 Å². The first-order valence-electron chi connectivity index (χ1n) is 4.33. The monoisotopic (exact) mass is 227 g/mol. The molecule has 0 saturated heterocycles. The summed E-state index contributed by atoms with van der Waals surface area (Å²) in [5, 5.41) is 0. The molecule has 81 valence electrons. The van der Waals surface area contributed by atoms with Crippen LogP contribution < -0.4 is 4.57 Å². The van der Waals surface area contributed by atoms with Gasteiger partial charge in [-0.25, -0.2) is 8.78 Å².